The zero-order valence-electron chi connectivity index (χ0n) is 8.94. The Labute approximate surface area is 89.0 Å². The Morgan fingerprint density at radius 3 is 2.80 bits per heavy atom. The molecule has 15 heavy (non-hydrogen) atoms. The fourth-order valence-electron chi connectivity index (χ4n) is 1.82. The largest absolute Gasteiger partial charge is 0.480 e. The molecule has 0 radical (unpaired) electrons. The van der Waals surface area contributed by atoms with E-state index in [9.17, 15) is 9.59 Å². The van der Waals surface area contributed by atoms with E-state index in [1.54, 1.807) is 0 Å². The molecule has 1 amide bonds. The predicted octanol–water partition coefficient (Wildman–Crippen LogP) is 0.489. The minimum Gasteiger partial charge on any atom is -0.480 e. The van der Waals surface area contributed by atoms with Crippen molar-refractivity contribution in [1.29, 1.82) is 0 Å². The third kappa shape index (κ3) is 3.20. The van der Waals surface area contributed by atoms with Crippen molar-refractivity contribution in [2.45, 2.75) is 31.7 Å². The van der Waals surface area contributed by atoms with Crippen molar-refractivity contribution in [3.63, 3.8) is 0 Å². The van der Waals surface area contributed by atoms with Gasteiger partial charge in [0.05, 0.1) is 13.0 Å². The number of rotatable bonds is 4. The number of amides is 1. The molecule has 0 aromatic heterocycles. The Bertz CT molecular complexity index is 242. The molecule has 0 bridgehead atoms. The number of aliphatic carboxylic acids is 1. The molecule has 1 atom stereocenters. The van der Waals surface area contributed by atoms with Gasteiger partial charge in [0.25, 0.3) is 0 Å². The first-order valence-electron chi connectivity index (χ1n) is 5.18. The van der Waals surface area contributed by atoms with Crippen LogP contribution in [0.25, 0.3) is 0 Å². The molecule has 5 nitrogen and oxygen atoms in total. The highest BCUT2D eigenvalue weighted by atomic mass is 16.5. The molecule has 0 saturated carbocycles. The van der Waals surface area contributed by atoms with Crippen LogP contribution in [0.5, 0.6) is 0 Å². The Hall–Kier alpha value is -1.10. The molecule has 1 heterocycles. The molecule has 1 aliphatic heterocycles. The molecule has 0 spiro atoms. The van der Waals surface area contributed by atoms with Gasteiger partial charge >= 0.3 is 5.97 Å². The maximum absolute atomic E-state index is 11.7. The van der Waals surface area contributed by atoms with Crippen LogP contribution in [0, 0.1) is 0 Å². The van der Waals surface area contributed by atoms with Crippen LogP contribution in [0.3, 0.4) is 0 Å². The van der Waals surface area contributed by atoms with E-state index in [1.807, 2.05) is 0 Å². The lowest BCUT2D eigenvalue weighted by Gasteiger charge is -2.32. The van der Waals surface area contributed by atoms with E-state index in [0.29, 0.717) is 19.6 Å². The minimum atomic E-state index is -0.902. The Kier molecular flexibility index (Phi) is 4.55. The highest BCUT2D eigenvalue weighted by Gasteiger charge is 2.31. The summed E-state index contributed by atoms with van der Waals surface area (Å²) >= 11 is 0. The summed E-state index contributed by atoms with van der Waals surface area (Å²) < 4.78 is 4.80. The van der Waals surface area contributed by atoms with Crippen LogP contribution < -0.4 is 0 Å². The van der Waals surface area contributed by atoms with Gasteiger partial charge in [0, 0.05) is 13.7 Å². The minimum absolute atomic E-state index is 0.121. The van der Waals surface area contributed by atoms with Gasteiger partial charge in [0.15, 0.2) is 0 Å². The maximum Gasteiger partial charge on any atom is 0.326 e. The van der Waals surface area contributed by atoms with Crippen molar-refractivity contribution in [3.8, 4) is 0 Å². The fraction of sp³-hybridized carbons (Fsp3) is 0.800. The molecule has 0 aromatic rings. The van der Waals surface area contributed by atoms with Gasteiger partial charge in [0.2, 0.25) is 5.91 Å². The standard InChI is InChI=1S/C10H17NO4/c1-15-7-5-9(12)11-6-3-2-4-8(11)10(13)14/h8H,2-7H2,1H3,(H,13,14)/t8-/m1/s1. The second-order valence-electron chi connectivity index (χ2n) is 3.68. The number of piperidine rings is 1. The van der Waals surface area contributed by atoms with Crippen LogP contribution in [-0.4, -0.2) is 48.2 Å². The van der Waals surface area contributed by atoms with Gasteiger partial charge in [-0.05, 0) is 19.3 Å². The van der Waals surface area contributed by atoms with E-state index in [2.05, 4.69) is 0 Å². The van der Waals surface area contributed by atoms with Crippen LogP contribution in [0.1, 0.15) is 25.7 Å². The quantitative estimate of drug-likeness (QED) is 0.741. The van der Waals surface area contributed by atoms with Crippen LogP contribution in [0.4, 0.5) is 0 Å². The zero-order chi connectivity index (χ0) is 11.3. The molecule has 0 unspecified atom stereocenters. The lowest BCUT2D eigenvalue weighted by atomic mass is 10.0. The highest BCUT2D eigenvalue weighted by Crippen LogP contribution is 2.18. The van der Waals surface area contributed by atoms with Crippen LogP contribution in [0.2, 0.25) is 0 Å². The smallest absolute Gasteiger partial charge is 0.326 e. The SMILES string of the molecule is COCCC(=O)N1CCCC[C@@H]1C(=O)O. The first-order chi connectivity index (χ1) is 7.16. The molecule has 5 heteroatoms. The summed E-state index contributed by atoms with van der Waals surface area (Å²) in [5, 5.41) is 8.96. The topological polar surface area (TPSA) is 66.8 Å². The zero-order valence-corrected chi connectivity index (χ0v) is 8.94. The molecule has 1 aliphatic rings. The summed E-state index contributed by atoms with van der Waals surface area (Å²) in [5.41, 5.74) is 0. The fourth-order valence-corrected chi connectivity index (χ4v) is 1.82. The van der Waals surface area contributed by atoms with Crippen LogP contribution in [-0.2, 0) is 14.3 Å². The van der Waals surface area contributed by atoms with E-state index in [1.165, 1.54) is 12.0 Å². The van der Waals surface area contributed by atoms with Crippen molar-refractivity contribution in [2.75, 3.05) is 20.3 Å². The van der Waals surface area contributed by atoms with E-state index in [-0.39, 0.29) is 12.3 Å². The maximum atomic E-state index is 11.7. The number of likely N-dealkylation sites (tertiary alicyclic amines) is 1. The monoisotopic (exact) mass is 215 g/mol. The first kappa shape index (κ1) is 12.0. The number of carboxylic acid groups (broad SMARTS) is 1. The number of carboxylic acids is 1. The third-order valence-electron chi connectivity index (χ3n) is 2.63. The lowest BCUT2D eigenvalue weighted by molar-refractivity contribution is -0.152. The average molecular weight is 215 g/mol. The summed E-state index contributed by atoms with van der Waals surface area (Å²) in [6.07, 6.45) is 2.60. The van der Waals surface area contributed by atoms with Gasteiger partial charge in [-0.1, -0.05) is 0 Å². The number of hydrogen-bond donors (Lipinski definition) is 1. The summed E-state index contributed by atoms with van der Waals surface area (Å²) in [4.78, 5) is 24.0. The van der Waals surface area contributed by atoms with Crippen molar-refractivity contribution >= 4 is 11.9 Å². The summed E-state index contributed by atoms with van der Waals surface area (Å²) in [6.45, 7) is 0.904. The predicted molar refractivity (Wildman–Crippen MR) is 53.5 cm³/mol. The second-order valence-corrected chi connectivity index (χ2v) is 3.68. The van der Waals surface area contributed by atoms with E-state index < -0.39 is 12.0 Å². The average Bonchev–Trinajstić information content (AvgIpc) is 2.25. The van der Waals surface area contributed by atoms with Gasteiger partial charge in [-0.15, -0.1) is 0 Å². The highest BCUT2D eigenvalue weighted by molar-refractivity contribution is 5.83. The van der Waals surface area contributed by atoms with Gasteiger partial charge in [-0.3, -0.25) is 4.79 Å². The number of carbonyl (C=O) groups excluding carboxylic acids is 1. The van der Waals surface area contributed by atoms with Crippen molar-refractivity contribution in [2.24, 2.45) is 0 Å². The summed E-state index contributed by atoms with van der Waals surface area (Å²) in [5.74, 6) is -1.02. The molecular formula is C10H17NO4. The lowest BCUT2D eigenvalue weighted by Crippen LogP contribution is -2.48. The Morgan fingerprint density at radius 2 is 2.20 bits per heavy atom. The van der Waals surface area contributed by atoms with E-state index >= 15 is 0 Å². The second kappa shape index (κ2) is 5.70. The van der Waals surface area contributed by atoms with Crippen molar-refractivity contribution in [3.05, 3.63) is 0 Å². The molecular weight excluding hydrogens is 198 g/mol. The van der Waals surface area contributed by atoms with E-state index in [4.69, 9.17) is 9.84 Å². The van der Waals surface area contributed by atoms with E-state index in [0.717, 1.165) is 12.8 Å². The van der Waals surface area contributed by atoms with Crippen molar-refractivity contribution in [1.82, 2.24) is 4.90 Å². The summed E-state index contributed by atoms with van der Waals surface area (Å²) in [7, 11) is 1.53. The first-order valence-corrected chi connectivity index (χ1v) is 5.18. The van der Waals surface area contributed by atoms with Gasteiger partial charge in [-0.25, -0.2) is 4.79 Å². The Balaban J connectivity index is 2.55. The molecule has 1 saturated heterocycles. The molecule has 1 N–H and O–H groups in total. The molecule has 0 aromatic carbocycles. The number of methoxy groups -OCH3 is 1. The molecule has 0 aliphatic carbocycles. The normalized spacial score (nSPS) is 21.4. The molecule has 1 fully saturated rings. The van der Waals surface area contributed by atoms with Crippen LogP contribution >= 0.6 is 0 Å². The number of nitrogens with zero attached hydrogens (tertiary/aromatic N) is 1. The van der Waals surface area contributed by atoms with Crippen LogP contribution in [0.15, 0.2) is 0 Å². The summed E-state index contributed by atoms with van der Waals surface area (Å²) in [6, 6.07) is -0.636. The third-order valence-corrected chi connectivity index (χ3v) is 2.63. The Morgan fingerprint density at radius 1 is 1.47 bits per heavy atom. The molecule has 86 valence electrons. The van der Waals surface area contributed by atoms with Gasteiger partial charge < -0.3 is 14.7 Å². The van der Waals surface area contributed by atoms with Crippen molar-refractivity contribution < 1.29 is 19.4 Å². The number of ether oxygens (including phenoxy) is 1. The molecule has 1 rings (SSSR count). The van der Waals surface area contributed by atoms with Gasteiger partial charge in [-0.2, -0.15) is 0 Å². The number of hydrogen-bond acceptors (Lipinski definition) is 3. The number of carbonyl (C=O) groups is 2. The van der Waals surface area contributed by atoms with Gasteiger partial charge in [0.1, 0.15) is 6.04 Å².